The third-order valence-electron chi connectivity index (χ3n) is 1.22. The van der Waals surface area contributed by atoms with Crippen molar-refractivity contribution in [2.45, 2.75) is 0 Å². The Kier molecular flexibility index (Phi) is 2.23. The number of nitrogens with one attached hydrogen (secondary N) is 1. The molecule has 0 aromatic carbocycles. The Bertz CT molecular complexity index is 203. The molecular weight excluding hydrogens is 128 g/mol. The summed E-state index contributed by atoms with van der Waals surface area (Å²) in [6.45, 7) is 0.384. The number of nitrogens with zero attached hydrogens (tertiary/aromatic N) is 1. The number of hydrogen-bond acceptors (Lipinski definition) is 2. The zero-order valence-electron chi connectivity index (χ0n) is 5.87. The van der Waals surface area contributed by atoms with Gasteiger partial charge in [0.05, 0.1) is 6.54 Å². The first kappa shape index (κ1) is 7.02. The maximum absolute atomic E-state index is 11.0. The van der Waals surface area contributed by atoms with Crippen molar-refractivity contribution in [1.82, 2.24) is 9.88 Å². The van der Waals surface area contributed by atoms with Crippen LogP contribution in [0, 0.1) is 0 Å². The highest BCUT2D eigenvalue weighted by atomic mass is 16.2. The summed E-state index contributed by atoms with van der Waals surface area (Å²) in [5.74, 6) is 0.0625. The summed E-state index contributed by atoms with van der Waals surface area (Å²) in [5.41, 5.74) is 0. The van der Waals surface area contributed by atoms with Crippen molar-refractivity contribution in [1.29, 1.82) is 0 Å². The third-order valence-corrected chi connectivity index (χ3v) is 1.22. The summed E-state index contributed by atoms with van der Waals surface area (Å²) < 4.78 is 1.55. The van der Waals surface area contributed by atoms with E-state index in [1.165, 1.54) is 0 Å². The van der Waals surface area contributed by atoms with Crippen LogP contribution in [0.15, 0.2) is 24.5 Å². The minimum Gasteiger partial charge on any atom is -0.311 e. The first-order valence-electron chi connectivity index (χ1n) is 3.15. The van der Waals surface area contributed by atoms with E-state index < -0.39 is 0 Å². The molecule has 0 amide bonds. The van der Waals surface area contributed by atoms with Gasteiger partial charge in [0, 0.05) is 12.4 Å². The van der Waals surface area contributed by atoms with Gasteiger partial charge in [0.2, 0.25) is 5.91 Å². The molecular formula is C7H10N2O. The molecule has 3 nitrogen and oxygen atoms in total. The van der Waals surface area contributed by atoms with Gasteiger partial charge in [-0.05, 0) is 19.2 Å². The fourth-order valence-corrected chi connectivity index (χ4v) is 0.743. The zero-order chi connectivity index (χ0) is 7.40. The number of likely N-dealkylation sites (N-methyl/N-ethyl adjacent to an activating group) is 1. The van der Waals surface area contributed by atoms with E-state index in [0.29, 0.717) is 6.54 Å². The first-order valence-corrected chi connectivity index (χ1v) is 3.15. The van der Waals surface area contributed by atoms with Crippen LogP contribution in [0.1, 0.15) is 4.79 Å². The molecule has 1 rings (SSSR count). The van der Waals surface area contributed by atoms with Crippen LogP contribution < -0.4 is 5.32 Å². The van der Waals surface area contributed by atoms with Crippen LogP contribution in [-0.2, 0) is 0 Å². The van der Waals surface area contributed by atoms with Gasteiger partial charge < -0.3 is 5.32 Å². The lowest BCUT2D eigenvalue weighted by Gasteiger charge is -1.98. The van der Waals surface area contributed by atoms with Gasteiger partial charge in [-0.2, -0.15) is 0 Å². The highest BCUT2D eigenvalue weighted by Crippen LogP contribution is 1.87. The van der Waals surface area contributed by atoms with Gasteiger partial charge in [0.15, 0.2) is 0 Å². The van der Waals surface area contributed by atoms with E-state index in [-0.39, 0.29) is 5.91 Å². The minimum atomic E-state index is 0.0625. The van der Waals surface area contributed by atoms with Crippen molar-refractivity contribution < 1.29 is 4.79 Å². The van der Waals surface area contributed by atoms with Crippen molar-refractivity contribution in [2.75, 3.05) is 13.6 Å². The molecule has 1 heterocycles. The fourth-order valence-electron chi connectivity index (χ4n) is 0.743. The molecule has 3 heteroatoms. The summed E-state index contributed by atoms with van der Waals surface area (Å²) in [5, 5.41) is 2.79. The van der Waals surface area contributed by atoms with Crippen LogP contribution in [0.4, 0.5) is 0 Å². The molecule has 0 saturated heterocycles. The molecule has 0 aliphatic rings. The fraction of sp³-hybridized carbons (Fsp3) is 0.286. The predicted molar refractivity (Wildman–Crippen MR) is 39.0 cm³/mol. The van der Waals surface area contributed by atoms with E-state index in [9.17, 15) is 4.79 Å². The highest BCUT2D eigenvalue weighted by molar-refractivity contribution is 5.80. The SMILES string of the molecule is CNCC(=O)n1cccc1. The lowest BCUT2D eigenvalue weighted by molar-refractivity contribution is 0.0915. The standard InChI is InChI=1S/C7H10N2O/c1-8-6-7(10)9-4-2-3-5-9/h2-5,8H,6H2,1H3. The van der Waals surface area contributed by atoms with E-state index in [2.05, 4.69) is 5.32 Å². The third kappa shape index (κ3) is 1.45. The number of carbonyl (C=O) groups excluding carboxylic acids is 1. The Labute approximate surface area is 59.7 Å². The largest absolute Gasteiger partial charge is 0.311 e. The molecule has 0 aliphatic carbocycles. The number of aromatic nitrogens is 1. The van der Waals surface area contributed by atoms with Gasteiger partial charge in [-0.1, -0.05) is 0 Å². The molecule has 0 unspecified atom stereocenters. The van der Waals surface area contributed by atoms with Gasteiger partial charge >= 0.3 is 0 Å². The van der Waals surface area contributed by atoms with Gasteiger partial charge in [-0.15, -0.1) is 0 Å². The molecule has 0 saturated carbocycles. The van der Waals surface area contributed by atoms with E-state index >= 15 is 0 Å². The molecule has 1 aromatic heterocycles. The highest BCUT2D eigenvalue weighted by Gasteiger charge is 1.98. The second-order valence-electron chi connectivity index (χ2n) is 2.01. The molecule has 0 atom stereocenters. The number of hydrogen-bond donors (Lipinski definition) is 1. The van der Waals surface area contributed by atoms with Crippen LogP contribution in [0.25, 0.3) is 0 Å². The lowest BCUT2D eigenvalue weighted by atomic mass is 10.6. The Morgan fingerprint density at radius 1 is 1.50 bits per heavy atom. The first-order chi connectivity index (χ1) is 4.84. The zero-order valence-corrected chi connectivity index (χ0v) is 5.87. The van der Waals surface area contributed by atoms with Crippen LogP contribution in [0.5, 0.6) is 0 Å². The summed E-state index contributed by atoms with van der Waals surface area (Å²) in [6, 6.07) is 3.65. The monoisotopic (exact) mass is 138 g/mol. The summed E-state index contributed by atoms with van der Waals surface area (Å²) >= 11 is 0. The van der Waals surface area contributed by atoms with E-state index in [0.717, 1.165) is 0 Å². The van der Waals surface area contributed by atoms with E-state index in [4.69, 9.17) is 0 Å². The summed E-state index contributed by atoms with van der Waals surface area (Å²) in [7, 11) is 1.75. The maximum atomic E-state index is 11.0. The van der Waals surface area contributed by atoms with Gasteiger partial charge in [0.1, 0.15) is 0 Å². The van der Waals surface area contributed by atoms with Crippen molar-refractivity contribution in [3.8, 4) is 0 Å². The topological polar surface area (TPSA) is 34.0 Å². The van der Waals surface area contributed by atoms with Crippen molar-refractivity contribution in [3.05, 3.63) is 24.5 Å². The average molecular weight is 138 g/mol. The minimum absolute atomic E-state index is 0.0625. The van der Waals surface area contributed by atoms with E-state index in [1.807, 2.05) is 12.1 Å². The van der Waals surface area contributed by atoms with E-state index in [1.54, 1.807) is 24.0 Å². The van der Waals surface area contributed by atoms with Gasteiger partial charge in [-0.25, -0.2) is 0 Å². The van der Waals surface area contributed by atoms with Crippen LogP contribution in [-0.4, -0.2) is 24.1 Å². The Hall–Kier alpha value is -1.09. The molecule has 0 bridgehead atoms. The molecule has 1 N–H and O–H groups in total. The van der Waals surface area contributed by atoms with Gasteiger partial charge in [0.25, 0.3) is 0 Å². The Morgan fingerprint density at radius 2 is 2.10 bits per heavy atom. The lowest BCUT2D eigenvalue weighted by Crippen LogP contribution is -2.22. The maximum Gasteiger partial charge on any atom is 0.244 e. The van der Waals surface area contributed by atoms with Crippen molar-refractivity contribution in [3.63, 3.8) is 0 Å². The summed E-state index contributed by atoms with van der Waals surface area (Å²) in [6.07, 6.45) is 3.47. The number of carbonyl (C=O) groups is 1. The molecule has 0 aliphatic heterocycles. The molecule has 0 radical (unpaired) electrons. The molecule has 54 valence electrons. The Balaban J connectivity index is 2.59. The molecule has 0 spiro atoms. The molecule has 1 aromatic rings. The second kappa shape index (κ2) is 3.17. The average Bonchev–Trinajstić information content (AvgIpc) is 2.38. The molecule has 0 fully saturated rings. The predicted octanol–water partition coefficient (Wildman–Crippen LogP) is 0.348. The second-order valence-corrected chi connectivity index (χ2v) is 2.01. The Morgan fingerprint density at radius 3 is 2.60 bits per heavy atom. The normalized spacial score (nSPS) is 9.70. The van der Waals surface area contributed by atoms with Gasteiger partial charge in [-0.3, -0.25) is 9.36 Å². The number of rotatable bonds is 2. The summed E-state index contributed by atoms with van der Waals surface area (Å²) in [4.78, 5) is 11.0. The smallest absolute Gasteiger partial charge is 0.244 e. The molecule has 10 heavy (non-hydrogen) atoms. The van der Waals surface area contributed by atoms with Crippen LogP contribution >= 0.6 is 0 Å². The van der Waals surface area contributed by atoms with Crippen molar-refractivity contribution >= 4 is 5.91 Å². The van der Waals surface area contributed by atoms with Crippen LogP contribution in [0.3, 0.4) is 0 Å². The van der Waals surface area contributed by atoms with Crippen molar-refractivity contribution in [2.24, 2.45) is 0 Å². The van der Waals surface area contributed by atoms with Crippen LogP contribution in [0.2, 0.25) is 0 Å². The quantitative estimate of drug-likeness (QED) is 0.639.